The smallest absolute Gasteiger partial charge is 0.337 e. The number of nitrogens with two attached hydrogens (primary N) is 1. The summed E-state index contributed by atoms with van der Waals surface area (Å²) in [7, 11) is 0. The van der Waals surface area contributed by atoms with Crippen molar-refractivity contribution in [2.24, 2.45) is 0 Å². The number of fused-ring (bicyclic) bond motifs is 2. The van der Waals surface area contributed by atoms with Gasteiger partial charge in [-0.25, -0.2) is 14.8 Å². The molecule has 1 aliphatic rings. The molecule has 0 saturated heterocycles. The fourth-order valence-corrected chi connectivity index (χ4v) is 3.04. The third-order valence-corrected chi connectivity index (χ3v) is 4.59. The lowest BCUT2D eigenvalue weighted by Crippen LogP contribution is -2.07. The Morgan fingerprint density at radius 3 is 2.71 bits per heavy atom. The van der Waals surface area contributed by atoms with Gasteiger partial charge in [-0.1, -0.05) is 0 Å². The van der Waals surface area contributed by atoms with Crippen LogP contribution in [0.4, 0.5) is 5.69 Å². The molecule has 0 spiro atoms. The highest BCUT2D eigenvalue weighted by Crippen LogP contribution is 2.36. The van der Waals surface area contributed by atoms with Gasteiger partial charge in [-0.2, -0.15) is 0 Å². The molecule has 0 aliphatic heterocycles. The highest BCUT2D eigenvalue weighted by Gasteiger charge is 2.24. The molecule has 0 atom stereocenters. The molecule has 1 saturated carbocycles. The minimum absolute atomic E-state index is 0.0712. The Kier molecular flexibility index (Phi) is 4.49. The van der Waals surface area contributed by atoms with E-state index < -0.39 is 5.97 Å². The minimum atomic E-state index is -0.974. The number of carboxylic acids is 1. The van der Waals surface area contributed by atoms with Crippen molar-refractivity contribution in [1.82, 2.24) is 14.5 Å². The van der Waals surface area contributed by atoms with Gasteiger partial charge in [-0.05, 0) is 49.2 Å². The molecule has 0 bridgehead atoms. The van der Waals surface area contributed by atoms with E-state index in [9.17, 15) is 9.59 Å². The van der Waals surface area contributed by atoms with Crippen molar-refractivity contribution in [1.29, 1.82) is 0 Å². The Balaban J connectivity index is 0.000000139. The van der Waals surface area contributed by atoms with Crippen molar-refractivity contribution in [3.05, 3.63) is 76.8 Å². The molecule has 0 radical (unpaired) electrons. The Morgan fingerprint density at radius 1 is 1.14 bits per heavy atom. The van der Waals surface area contributed by atoms with Crippen LogP contribution >= 0.6 is 0 Å². The number of pyridine rings is 3. The fraction of sp³-hybridized carbons (Fsp3) is 0.143. The predicted octanol–water partition coefficient (Wildman–Crippen LogP) is 3.25. The van der Waals surface area contributed by atoms with E-state index in [2.05, 4.69) is 14.5 Å². The van der Waals surface area contributed by atoms with Gasteiger partial charge in [0, 0.05) is 47.2 Å². The molecule has 140 valence electrons. The van der Waals surface area contributed by atoms with Crippen molar-refractivity contribution < 1.29 is 9.90 Å². The van der Waals surface area contributed by atoms with Gasteiger partial charge in [0.2, 0.25) is 0 Å². The second kappa shape index (κ2) is 7.11. The van der Waals surface area contributed by atoms with Crippen LogP contribution in [0.3, 0.4) is 0 Å². The first-order chi connectivity index (χ1) is 13.5. The van der Waals surface area contributed by atoms with Gasteiger partial charge in [0.05, 0.1) is 11.1 Å². The molecular formula is C21H18N4O3. The number of aromatic nitrogens is 3. The first-order valence-electron chi connectivity index (χ1n) is 8.87. The van der Waals surface area contributed by atoms with E-state index in [-0.39, 0.29) is 11.0 Å². The molecule has 3 aromatic heterocycles. The van der Waals surface area contributed by atoms with Gasteiger partial charge < -0.3 is 15.4 Å². The molecule has 1 aliphatic carbocycles. The Bertz CT molecular complexity index is 1250. The summed E-state index contributed by atoms with van der Waals surface area (Å²) in [5, 5.41) is 10.2. The summed E-state index contributed by atoms with van der Waals surface area (Å²) in [5.74, 6) is -0.974. The summed E-state index contributed by atoms with van der Waals surface area (Å²) >= 11 is 0. The standard InChI is InChI=1S/C12H12N2O.C9H6N2O2/c13-8-1-4-10-11(7-8)14(9-2-3-9)6-5-12(10)15;12-9(13)7-4-6-2-1-3-10-8(6)11-5-7/h1,4-7,9H,2-3,13H2;1-5H,(H,12,13). The summed E-state index contributed by atoms with van der Waals surface area (Å²) < 4.78 is 2.16. The second-order valence-electron chi connectivity index (χ2n) is 6.67. The molecule has 0 unspecified atom stereocenters. The van der Waals surface area contributed by atoms with Crippen molar-refractivity contribution in [2.75, 3.05) is 5.73 Å². The number of hydrogen-bond acceptors (Lipinski definition) is 5. The quantitative estimate of drug-likeness (QED) is 0.521. The maximum absolute atomic E-state index is 11.6. The van der Waals surface area contributed by atoms with Crippen LogP contribution in [0.15, 0.2) is 65.8 Å². The van der Waals surface area contributed by atoms with Gasteiger partial charge in [0.25, 0.3) is 0 Å². The zero-order valence-corrected chi connectivity index (χ0v) is 14.9. The number of nitrogens with zero attached hydrogens (tertiary/aromatic N) is 3. The van der Waals surface area contributed by atoms with Crippen LogP contribution < -0.4 is 11.2 Å². The number of aromatic carboxylic acids is 1. The molecule has 5 rings (SSSR count). The van der Waals surface area contributed by atoms with Gasteiger partial charge >= 0.3 is 5.97 Å². The van der Waals surface area contributed by atoms with Crippen LogP contribution in [0, 0.1) is 0 Å². The van der Waals surface area contributed by atoms with E-state index in [0.29, 0.717) is 17.4 Å². The lowest BCUT2D eigenvalue weighted by molar-refractivity contribution is 0.0696. The molecule has 7 heteroatoms. The SMILES string of the molecule is Nc1ccc2c(=O)ccn(C3CC3)c2c1.O=C(O)c1cnc2ncccc2c1. The second-order valence-corrected chi connectivity index (χ2v) is 6.67. The molecule has 1 fully saturated rings. The Labute approximate surface area is 160 Å². The van der Waals surface area contributed by atoms with Crippen LogP contribution in [0.2, 0.25) is 0 Å². The summed E-state index contributed by atoms with van der Waals surface area (Å²) in [4.78, 5) is 30.1. The van der Waals surface area contributed by atoms with E-state index >= 15 is 0 Å². The number of benzene rings is 1. The van der Waals surface area contributed by atoms with E-state index in [0.717, 1.165) is 16.3 Å². The molecular weight excluding hydrogens is 356 g/mol. The molecule has 1 aromatic carbocycles. The number of anilines is 1. The van der Waals surface area contributed by atoms with Crippen LogP contribution in [-0.2, 0) is 0 Å². The normalized spacial score (nSPS) is 13.1. The molecule has 3 heterocycles. The summed E-state index contributed by atoms with van der Waals surface area (Å²) in [5.41, 5.74) is 8.24. The lowest BCUT2D eigenvalue weighted by Gasteiger charge is -2.09. The zero-order valence-electron chi connectivity index (χ0n) is 14.9. The van der Waals surface area contributed by atoms with Gasteiger partial charge in [0.1, 0.15) is 0 Å². The summed E-state index contributed by atoms with van der Waals surface area (Å²) in [6, 6.07) is 12.8. The highest BCUT2D eigenvalue weighted by atomic mass is 16.4. The van der Waals surface area contributed by atoms with Crippen LogP contribution in [0.5, 0.6) is 0 Å². The van der Waals surface area contributed by atoms with Crippen molar-refractivity contribution in [3.63, 3.8) is 0 Å². The molecule has 3 N–H and O–H groups in total. The largest absolute Gasteiger partial charge is 0.478 e. The number of nitrogen functional groups attached to an aromatic ring is 1. The lowest BCUT2D eigenvalue weighted by atomic mass is 10.2. The van der Waals surface area contributed by atoms with E-state index in [4.69, 9.17) is 10.8 Å². The van der Waals surface area contributed by atoms with Crippen molar-refractivity contribution >= 4 is 33.6 Å². The van der Waals surface area contributed by atoms with Gasteiger partial charge in [0.15, 0.2) is 11.1 Å². The number of rotatable bonds is 2. The van der Waals surface area contributed by atoms with E-state index in [1.54, 1.807) is 36.5 Å². The maximum atomic E-state index is 11.6. The number of hydrogen-bond donors (Lipinski definition) is 2. The first kappa shape index (κ1) is 17.7. The van der Waals surface area contributed by atoms with Gasteiger partial charge in [-0.3, -0.25) is 4.79 Å². The Hall–Kier alpha value is -3.74. The minimum Gasteiger partial charge on any atom is -0.478 e. The van der Waals surface area contributed by atoms with Crippen molar-refractivity contribution in [3.8, 4) is 0 Å². The maximum Gasteiger partial charge on any atom is 0.337 e. The predicted molar refractivity (Wildman–Crippen MR) is 107 cm³/mol. The monoisotopic (exact) mass is 374 g/mol. The Morgan fingerprint density at radius 2 is 1.96 bits per heavy atom. The topological polar surface area (TPSA) is 111 Å². The van der Waals surface area contributed by atoms with Crippen LogP contribution in [0.25, 0.3) is 21.9 Å². The van der Waals surface area contributed by atoms with Crippen LogP contribution in [-0.4, -0.2) is 25.6 Å². The van der Waals surface area contributed by atoms with Crippen LogP contribution in [0.1, 0.15) is 29.2 Å². The first-order valence-corrected chi connectivity index (χ1v) is 8.87. The number of carboxylic acid groups (broad SMARTS) is 1. The molecule has 4 aromatic rings. The number of carbonyl (C=O) groups is 1. The van der Waals surface area contributed by atoms with Gasteiger partial charge in [-0.15, -0.1) is 0 Å². The highest BCUT2D eigenvalue weighted by molar-refractivity contribution is 5.91. The molecule has 28 heavy (non-hydrogen) atoms. The average molecular weight is 374 g/mol. The van der Waals surface area contributed by atoms with Crippen molar-refractivity contribution in [2.45, 2.75) is 18.9 Å². The third kappa shape index (κ3) is 3.55. The van der Waals surface area contributed by atoms with E-state index in [1.165, 1.54) is 19.0 Å². The molecule has 0 amide bonds. The third-order valence-electron chi connectivity index (χ3n) is 4.59. The average Bonchev–Trinajstić information content (AvgIpc) is 3.53. The zero-order chi connectivity index (χ0) is 19.7. The fourth-order valence-electron chi connectivity index (χ4n) is 3.04. The van der Waals surface area contributed by atoms with E-state index in [1.807, 2.05) is 18.3 Å². The summed E-state index contributed by atoms with van der Waals surface area (Å²) in [6.07, 6.45) is 7.20. The summed E-state index contributed by atoms with van der Waals surface area (Å²) in [6.45, 7) is 0. The molecule has 7 nitrogen and oxygen atoms in total.